The third kappa shape index (κ3) is 3.97. The highest BCUT2D eigenvalue weighted by Gasteiger charge is 2.51. The van der Waals surface area contributed by atoms with Crippen molar-refractivity contribution in [1.29, 1.82) is 0 Å². The van der Waals surface area contributed by atoms with Crippen molar-refractivity contribution in [2.45, 2.75) is 64.0 Å². The number of hydrogen-bond acceptors (Lipinski definition) is 6. The van der Waals surface area contributed by atoms with Crippen LogP contribution in [0.4, 0.5) is 11.5 Å². The van der Waals surface area contributed by atoms with Crippen molar-refractivity contribution in [1.82, 2.24) is 9.88 Å². The topological polar surface area (TPSA) is 95.0 Å². The summed E-state index contributed by atoms with van der Waals surface area (Å²) in [7, 11) is 1.57. The molecule has 3 aliphatic rings. The molecule has 0 unspecified atom stereocenters. The fourth-order valence-corrected chi connectivity index (χ4v) is 5.33. The summed E-state index contributed by atoms with van der Waals surface area (Å²) in [6, 6.07) is 3.79. The molecular formula is C22H32N4O4. The first-order chi connectivity index (χ1) is 14.4. The van der Waals surface area contributed by atoms with E-state index in [4.69, 9.17) is 4.74 Å². The van der Waals surface area contributed by atoms with Crippen molar-refractivity contribution in [2.75, 3.05) is 37.0 Å². The van der Waals surface area contributed by atoms with Gasteiger partial charge in [0.2, 0.25) is 17.7 Å². The van der Waals surface area contributed by atoms with Crippen molar-refractivity contribution in [3.8, 4) is 5.88 Å². The average Bonchev–Trinajstić information content (AvgIpc) is 3.04. The number of nitrogens with zero attached hydrogens (tertiary/aromatic N) is 3. The van der Waals surface area contributed by atoms with Gasteiger partial charge in [0.15, 0.2) is 5.82 Å². The maximum Gasteiger partial charge on any atom is 0.230 e. The van der Waals surface area contributed by atoms with Gasteiger partial charge in [0.1, 0.15) is 0 Å². The molecule has 2 amide bonds. The Bertz CT molecular complexity index is 808. The first-order valence-corrected chi connectivity index (χ1v) is 11.0. The SMILES string of the molecule is COc1ccc(NC(C)=O)c(N2CCC[C@]3(CCN([C@H]4CC[C@H](O)CC4)C3=O)C2)n1. The summed E-state index contributed by atoms with van der Waals surface area (Å²) in [6.07, 6.45) is 5.75. The summed E-state index contributed by atoms with van der Waals surface area (Å²) in [6.45, 7) is 3.66. The molecule has 3 heterocycles. The zero-order chi connectivity index (χ0) is 21.3. The van der Waals surface area contributed by atoms with Crippen LogP contribution in [0, 0.1) is 5.41 Å². The van der Waals surface area contributed by atoms with E-state index in [9.17, 15) is 14.7 Å². The maximum atomic E-state index is 13.5. The van der Waals surface area contributed by atoms with Crippen LogP contribution in [0.3, 0.4) is 0 Å². The Kier molecular flexibility index (Phi) is 5.86. The van der Waals surface area contributed by atoms with Gasteiger partial charge in [-0.3, -0.25) is 9.59 Å². The molecule has 0 bridgehead atoms. The van der Waals surface area contributed by atoms with Crippen LogP contribution in [0.15, 0.2) is 12.1 Å². The van der Waals surface area contributed by atoms with Crippen molar-refractivity contribution in [3.63, 3.8) is 0 Å². The fourth-order valence-electron chi connectivity index (χ4n) is 5.33. The number of rotatable bonds is 4. The summed E-state index contributed by atoms with van der Waals surface area (Å²) >= 11 is 0. The lowest BCUT2D eigenvalue weighted by atomic mass is 9.78. The number of likely N-dealkylation sites (tertiary alicyclic amines) is 1. The number of carbonyl (C=O) groups is 2. The summed E-state index contributed by atoms with van der Waals surface area (Å²) in [4.78, 5) is 34.0. The molecule has 164 valence electrons. The van der Waals surface area contributed by atoms with E-state index >= 15 is 0 Å². The lowest BCUT2D eigenvalue weighted by Crippen LogP contribution is -2.50. The number of aromatic nitrogens is 1. The van der Waals surface area contributed by atoms with Crippen molar-refractivity contribution < 1.29 is 19.4 Å². The molecule has 1 aromatic heterocycles. The second kappa shape index (κ2) is 8.41. The van der Waals surface area contributed by atoms with Crippen LogP contribution >= 0.6 is 0 Å². The smallest absolute Gasteiger partial charge is 0.230 e. The van der Waals surface area contributed by atoms with Gasteiger partial charge in [0.25, 0.3) is 0 Å². The number of carbonyl (C=O) groups excluding carboxylic acids is 2. The Morgan fingerprint density at radius 3 is 2.70 bits per heavy atom. The van der Waals surface area contributed by atoms with E-state index in [0.29, 0.717) is 23.9 Å². The Labute approximate surface area is 177 Å². The number of hydrogen-bond donors (Lipinski definition) is 2. The number of aliphatic hydroxyl groups is 1. The molecule has 2 N–H and O–H groups in total. The number of pyridine rings is 1. The molecule has 1 spiro atoms. The standard InChI is InChI=1S/C22H32N4O4/c1-15(27)23-18-8-9-19(30-2)24-20(18)25-12-3-10-22(14-25)11-13-26(21(22)29)16-4-6-17(28)7-5-16/h8-9,16-17,28H,3-7,10-14H2,1-2H3,(H,23,27)/t16-,17-,22-/m0/s1. The highest BCUT2D eigenvalue weighted by molar-refractivity contribution is 5.92. The Hall–Kier alpha value is -2.35. The first kappa shape index (κ1) is 20.9. The van der Waals surface area contributed by atoms with Crippen LogP contribution in [-0.2, 0) is 9.59 Å². The van der Waals surface area contributed by atoms with E-state index in [2.05, 4.69) is 20.1 Å². The van der Waals surface area contributed by atoms with E-state index < -0.39 is 5.41 Å². The maximum absolute atomic E-state index is 13.5. The van der Waals surface area contributed by atoms with Crippen LogP contribution in [0.5, 0.6) is 5.88 Å². The lowest BCUT2D eigenvalue weighted by molar-refractivity contribution is -0.139. The van der Waals surface area contributed by atoms with Gasteiger partial charge in [0, 0.05) is 38.7 Å². The van der Waals surface area contributed by atoms with Crippen molar-refractivity contribution in [2.24, 2.45) is 5.41 Å². The number of anilines is 2. The minimum absolute atomic E-state index is 0.155. The summed E-state index contributed by atoms with van der Waals surface area (Å²) in [5.41, 5.74) is 0.246. The lowest BCUT2D eigenvalue weighted by Gasteiger charge is -2.41. The first-order valence-electron chi connectivity index (χ1n) is 11.0. The number of aliphatic hydroxyl groups excluding tert-OH is 1. The van der Waals surface area contributed by atoms with Crippen LogP contribution in [-0.4, -0.2) is 65.7 Å². The third-order valence-electron chi connectivity index (χ3n) is 6.90. The molecule has 0 aromatic carbocycles. The predicted octanol–water partition coefficient (Wildman–Crippen LogP) is 2.17. The quantitative estimate of drug-likeness (QED) is 0.781. The molecule has 2 saturated heterocycles. The zero-order valence-electron chi connectivity index (χ0n) is 17.9. The number of piperidine rings is 1. The van der Waals surface area contributed by atoms with Crippen molar-refractivity contribution >= 4 is 23.3 Å². The molecule has 2 aliphatic heterocycles. The molecule has 1 aromatic rings. The number of nitrogens with one attached hydrogen (secondary N) is 1. The largest absolute Gasteiger partial charge is 0.481 e. The van der Waals surface area contributed by atoms with Crippen LogP contribution < -0.4 is 15.0 Å². The minimum atomic E-state index is -0.396. The van der Waals surface area contributed by atoms with Gasteiger partial charge in [-0.25, -0.2) is 0 Å². The van der Waals surface area contributed by atoms with Crippen LogP contribution in [0.2, 0.25) is 0 Å². The van der Waals surface area contributed by atoms with Crippen molar-refractivity contribution in [3.05, 3.63) is 12.1 Å². The minimum Gasteiger partial charge on any atom is -0.481 e. The van der Waals surface area contributed by atoms with Gasteiger partial charge in [-0.2, -0.15) is 4.98 Å². The number of amides is 2. The van der Waals surface area contributed by atoms with E-state index in [1.807, 2.05) is 0 Å². The number of ether oxygens (including phenoxy) is 1. The molecule has 8 heteroatoms. The third-order valence-corrected chi connectivity index (χ3v) is 6.90. The Balaban J connectivity index is 1.55. The highest BCUT2D eigenvalue weighted by atomic mass is 16.5. The van der Waals surface area contributed by atoms with E-state index in [1.165, 1.54) is 6.92 Å². The average molecular weight is 417 g/mol. The second-order valence-corrected chi connectivity index (χ2v) is 8.92. The molecule has 30 heavy (non-hydrogen) atoms. The van der Waals surface area contributed by atoms with Gasteiger partial charge in [-0.1, -0.05) is 0 Å². The fraction of sp³-hybridized carbons (Fsp3) is 0.682. The van der Waals surface area contributed by atoms with Gasteiger partial charge in [0.05, 0.1) is 24.3 Å². The normalized spacial score (nSPS) is 29.4. The molecule has 3 fully saturated rings. The molecule has 1 aliphatic carbocycles. The van der Waals surface area contributed by atoms with Crippen LogP contribution in [0.1, 0.15) is 51.9 Å². The number of methoxy groups -OCH3 is 1. The molecule has 1 saturated carbocycles. The summed E-state index contributed by atoms with van der Waals surface area (Å²) in [5.74, 6) is 1.24. The summed E-state index contributed by atoms with van der Waals surface area (Å²) < 4.78 is 5.30. The van der Waals surface area contributed by atoms with E-state index in [1.54, 1.807) is 19.2 Å². The second-order valence-electron chi connectivity index (χ2n) is 8.92. The zero-order valence-corrected chi connectivity index (χ0v) is 17.9. The van der Waals surface area contributed by atoms with Gasteiger partial charge in [-0.05, 0) is 51.0 Å². The highest BCUT2D eigenvalue weighted by Crippen LogP contribution is 2.44. The summed E-state index contributed by atoms with van der Waals surface area (Å²) in [5, 5.41) is 12.7. The molecule has 8 nitrogen and oxygen atoms in total. The van der Waals surface area contributed by atoms with E-state index in [-0.39, 0.29) is 24.0 Å². The predicted molar refractivity (Wildman–Crippen MR) is 114 cm³/mol. The molecule has 0 radical (unpaired) electrons. The monoisotopic (exact) mass is 416 g/mol. The molecule has 1 atom stereocenters. The van der Waals surface area contributed by atoms with Gasteiger partial charge >= 0.3 is 0 Å². The van der Waals surface area contributed by atoms with E-state index in [0.717, 1.165) is 58.0 Å². The van der Waals surface area contributed by atoms with Gasteiger partial charge < -0.3 is 25.0 Å². The van der Waals surface area contributed by atoms with Gasteiger partial charge in [-0.15, -0.1) is 0 Å². The Morgan fingerprint density at radius 1 is 1.23 bits per heavy atom. The Morgan fingerprint density at radius 2 is 2.00 bits per heavy atom. The molecule has 4 rings (SSSR count). The molecular weight excluding hydrogens is 384 g/mol. The van der Waals surface area contributed by atoms with Crippen LogP contribution in [0.25, 0.3) is 0 Å².